The summed E-state index contributed by atoms with van der Waals surface area (Å²) in [5.41, 5.74) is 2.68. The van der Waals surface area contributed by atoms with Crippen molar-refractivity contribution in [2.24, 2.45) is 0 Å². The summed E-state index contributed by atoms with van der Waals surface area (Å²) < 4.78 is 0. The average molecular weight is 232 g/mol. The summed E-state index contributed by atoms with van der Waals surface area (Å²) in [4.78, 5) is 12.9. The van der Waals surface area contributed by atoms with Gasteiger partial charge in [-0.2, -0.15) is 0 Å². The van der Waals surface area contributed by atoms with E-state index in [2.05, 4.69) is 4.90 Å². The molecular formula is C13H16N2O2. The van der Waals surface area contributed by atoms with Gasteiger partial charge in [0, 0.05) is 24.7 Å². The summed E-state index contributed by atoms with van der Waals surface area (Å²) in [6.45, 7) is 2.04. The van der Waals surface area contributed by atoms with E-state index in [1.54, 1.807) is 12.1 Å². The predicted molar refractivity (Wildman–Crippen MR) is 64.8 cm³/mol. The van der Waals surface area contributed by atoms with E-state index in [-0.39, 0.29) is 10.6 Å². The molecule has 4 heteroatoms. The maximum atomic E-state index is 10.8. The lowest BCUT2D eigenvalue weighted by Crippen LogP contribution is -2.43. The van der Waals surface area contributed by atoms with E-state index < -0.39 is 0 Å². The molecule has 0 aromatic heterocycles. The van der Waals surface area contributed by atoms with Gasteiger partial charge in [-0.15, -0.1) is 0 Å². The zero-order valence-electron chi connectivity index (χ0n) is 9.76. The van der Waals surface area contributed by atoms with Crippen molar-refractivity contribution in [2.75, 3.05) is 6.54 Å². The zero-order valence-corrected chi connectivity index (χ0v) is 9.76. The van der Waals surface area contributed by atoms with E-state index in [0.717, 1.165) is 25.1 Å². The third-order valence-electron chi connectivity index (χ3n) is 3.98. The van der Waals surface area contributed by atoms with Gasteiger partial charge in [0.15, 0.2) is 0 Å². The summed E-state index contributed by atoms with van der Waals surface area (Å²) in [5.74, 6) is 0. The second-order valence-corrected chi connectivity index (χ2v) is 5.03. The smallest absolute Gasteiger partial charge is 0.269 e. The van der Waals surface area contributed by atoms with E-state index in [1.807, 2.05) is 6.07 Å². The van der Waals surface area contributed by atoms with Crippen LogP contribution < -0.4 is 0 Å². The van der Waals surface area contributed by atoms with Crippen LogP contribution in [0.15, 0.2) is 18.2 Å². The van der Waals surface area contributed by atoms with Crippen LogP contribution in [-0.2, 0) is 13.0 Å². The fourth-order valence-corrected chi connectivity index (χ4v) is 3.04. The lowest BCUT2D eigenvalue weighted by atomic mass is 9.88. The van der Waals surface area contributed by atoms with Gasteiger partial charge >= 0.3 is 0 Å². The van der Waals surface area contributed by atoms with Crippen molar-refractivity contribution < 1.29 is 4.92 Å². The van der Waals surface area contributed by atoms with Gasteiger partial charge in [-0.3, -0.25) is 15.0 Å². The van der Waals surface area contributed by atoms with E-state index in [1.165, 1.54) is 24.8 Å². The lowest BCUT2D eigenvalue weighted by molar-refractivity contribution is -0.385. The quantitative estimate of drug-likeness (QED) is 0.552. The van der Waals surface area contributed by atoms with Gasteiger partial charge in [0.05, 0.1) is 4.92 Å². The molecule has 90 valence electrons. The maximum Gasteiger partial charge on any atom is 0.269 e. The van der Waals surface area contributed by atoms with Crippen molar-refractivity contribution in [3.8, 4) is 0 Å². The maximum absolute atomic E-state index is 10.8. The molecule has 0 N–H and O–H groups in total. The SMILES string of the molecule is O=[N+]([O-])c1ccc2c(c1)CN1CCCCC1C2. The second kappa shape index (κ2) is 4.11. The molecular weight excluding hydrogens is 216 g/mol. The number of hydrogen-bond donors (Lipinski definition) is 0. The number of nitro benzene ring substituents is 1. The topological polar surface area (TPSA) is 46.4 Å². The van der Waals surface area contributed by atoms with E-state index in [4.69, 9.17) is 0 Å². The Morgan fingerprint density at radius 2 is 2.18 bits per heavy atom. The molecule has 0 bridgehead atoms. The second-order valence-electron chi connectivity index (χ2n) is 5.03. The minimum Gasteiger partial charge on any atom is -0.296 e. The standard InChI is InChI=1S/C13H16N2O2/c16-15(17)13-5-4-10-7-12-3-1-2-6-14(12)9-11(10)8-13/h4-5,8,12H,1-3,6-7,9H2. The average Bonchev–Trinajstić information content (AvgIpc) is 2.35. The first-order valence-electron chi connectivity index (χ1n) is 6.24. The highest BCUT2D eigenvalue weighted by atomic mass is 16.6. The number of non-ortho nitro benzene ring substituents is 1. The summed E-state index contributed by atoms with van der Waals surface area (Å²) in [5, 5.41) is 10.8. The van der Waals surface area contributed by atoms with Crippen LogP contribution in [0.4, 0.5) is 5.69 Å². The van der Waals surface area contributed by atoms with Crippen LogP contribution in [0.3, 0.4) is 0 Å². The highest BCUT2D eigenvalue weighted by molar-refractivity contribution is 5.41. The number of rotatable bonds is 1. The summed E-state index contributed by atoms with van der Waals surface area (Å²) in [6, 6.07) is 5.99. The fraction of sp³-hybridized carbons (Fsp3) is 0.538. The Labute approximate surface area is 100 Å². The van der Waals surface area contributed by atoms with Crippen molar-refractivity contribution in [3.05, 3.63) is 39.4 Å². The fourth-order valence-electron chi connectivity index (χ4n) is 3.04. The highest BCUT2D eigenvalue weighted by Crippen LogP contribution is 2.31. The van der Waals surface area contributed by atoms with Gasteiger partial charge in [-0.05, 0) is 36.9 Å². The molecule has 1 aromatic carbocycles. The van der Waals surface area contributed by atoms with Crippen molar-refractivity contribution in [2.45, 2.75) is 38.3 Å². The van der Waals surface area contributed by atoms with Gasteiger partial charge in [-0.1, -0.05) is 12.5 Å². The van der Waals surface area contributed by atoms with Crippen LogP contribution in [0.2, 0.25) is 0 Å². The van der Waals surface area contributed by atoms with Crippen molar-refractivity contribution in [3.63, 3.8) is 0 Å². The van der Waals surface area contributed by atoms with Crippen LogP contribution in [-0.4, -0.2) is 22.4 Å². The van der Waals surface area contributed by atoms with Crippen LogP contribution in [0.25, 0.3) is 0 Å². The predicted octanol–water partition coefficient (Wildman–Crippen LogP) is 2.51. The number of benzene rings is 1. The van der Waals surface area contributed by atoms with Crippen molar-refractivity contribution >= 4 is 5.69 Å². The molecule has 0 spiro atoms. The van der Waals surface area contributed by atoms with Crippen LogP contribution >= 0.6 is 0 Å². The van der Waals surface area contributed by atoms with E-state index in [9.17, 15) is 10.1 Å². The Morgan fingerprint density at radius 3 is 3.00 bits per heavy atom. The third-order valence-corrected chi connectivity index (χ3v) is 3.98. The Morgan fingerprint density at radius 1 is 1.29 bits per heavy atom. The van der Waals surface area contributed by atoms with Gasteiger partial charge < -0.3 is 0 Å². The molecule has 2 aliphatic heterocycles. The molecule has 2 heterocycles. The van der Waals surface area contributed by atoms with E-state index in [0.29, 0.717) is 6.04 Å². The Bertz CT molecular complexity index is 459. The first-order valence-corrected chi connectivity index (χ1v) is 6.24. The van der Waals surface area contributed by atoms with Gasteiger partial charge in [0.25, 0.3) is 5.69 Å². The Balaban J connectivity index is 1.91. The molecule has 0 radical (unpaired) electrons. The Kier molecular flexibility index (Phi) is 2.59. The normalized spacial score (nSPS) is 23.9. The molecule has 17 heavy (non-hydrogen) atoms. The number of hydrogen-bond acceptors (Lipinski definition) is 3. The minimum atomic E-state index is -0.303. The van der Waals surface area contributed by atoms with Crippen LogP contribution in [0.5, 0.6) is 0 Å². The zero-order chi connectivity index (χ0) is 11.8. The van der Waals surface area contributed by atoms with Gasteiger partial charge in [0.2, 0.25) is 0 Å². The molecule has 0 amide bonds. The number of piperidine rings is 1. The summed E-state index contributed by atoms with van der Waals surface area (Å²) in [7, 11) is 0. The van der Waals surface area contributed by atoms with Gasteiger partial charge in [-0.25, -0.2) is 0 Å². The number of nitro groups is 1. The third kappa shape index (κ3) is 1.93. The highest BCUT2D eigenvalue weighted by Gasteiger charge is 2.28. The summed E-state index contributed by atoms with van der Waals surface area (Å²) in [6.07, 6.45) is 4.92. The largest absolute Gasteiger partial charge is 0.296 e. The molecule has 3 rings (SSSR count). The molecule has 4 nitrogen and oxygen atoms in total. The molecule has 1 aromatic rings. The van der Waals surface area contributed by atoms with Crippen molar-refractivity contribution in [1.29, 1.82) is 0 Å². The Hall–Kier alpha value is -1.42. The van der Waals surface area contributed by atoms with Crippen LogP contribution in [0, 0.1) is 10.1 Å². The molecule has 1 saturated heterocycles. The van der Waals surface area contributed by atoms with Crippen LogP contribution in [0.1, 0.15) is 30.4 Å². The molecule has 1 unspecified atom stereocenters. The van der Waals surface area contributed by atoms with Crippen molar-refractivity contribution in [1.82, 2.24) is 4.90 Å². The minimum absolute atomic E-state index is 0.221. The molecule has 0 aliphatic carbocycles. The molecule has 1 fully saturated rings. The monoisotopic (exact) mass is 232 g/mol. The number of nitrogens with zero attached hydrogens (tertiary/aromatic N) is 2. The summed E-state index contributed by atoms with van der Waals surface area (Å²) >= 11 is 0. The van der Waals surface area contributed by atoms with Gasteiger partial charge in [0.1, 0.15) is 0 Å². The lowest BCUT2D eigenvalue weighted by Gasteiger charge is -2.40. The molecule has 1 atom stereocenters. The molecule has 2 aliphatic rings. The first-order chi connectivity index (χ1) is 8.24. The van der Waals surface area contributed by atoms with E-state index >= 15 is 0 Å². The number of fused-ring (bicyclic) bond motifs is 2. The molecule has 0 saturated carbocycles. The first kappa shape index (κ1) is 10.7.